The summed E-state index contributed by atoms with van der Waals surface area (Å²) in [7, 11) is 0. The van der Waals surface area contributed by atoms with E-state index in [1.54, 1.807) is 6.07 Å². The van der Waals surface area contributed by atoms with Gasteiger partial charge in [0.25, 0.3) is 0 Å². The third-order valence-electron chi connectivity index (χ3n) is 4.75. The fourth-order valence-electron chi connectivity index (χ4n) is 2.97. The van der Waals surface area contributed by atoms with E-state index in [9.17, 15) is 5.11 Å². The molecular weight excluding hydrogens is 255 g/mol. The molecule has 1 nitrogen and oxygen atoms in total. The highest BCUT2D eigenvalue weighted by Crippen LogP contribution is 2.72. The van der Waals surface area contributed by atoms with Crippen molar-refractivity contribution in [2.45, 2.75) is 33.8 Å². The van der Waals surface area contributed by atoms with Crippen LogP contribution in [-0.2, 0) is 0 Å². The van der Waals surface area contributed by atoms with Crippen LogP contribution in [0, 0.1) is 16.7 Å². The minimum atomic E-state index is -0.550. The van der Waals surface area contributed by atoms with Crippen LogP contribution in [0.5, 0.6) is 0 Å². The van der Waals surface area contributed by atoms with E-state index in [0.29, 0.717) is 10.0 Å². The molecule has 1 fully saturated rings. The number of aliphatic hydroxyl groups excluding tert-OH is 1. The van der Waals surface area contributed by atoms with Gasteiger partial charge in [-0.05, 0) is 16.9 Å². The third-order valence-corrected chi connectivity index (χ3v) is 5.58. The predicted molar refractivity (Wildman–Crippen MR) is 72.5 cm³/mol. The molecule has 1 aromatic rings. The first-order valence-electron chi connectivity index (χ1n) is 5.83. The monoisotopic (exact) mass is 272 g/mol. The summed E-state index contributed by atoms with van der Waals surface area (Å²) in [5.41, 5.74) is 0.985. The lowest BCUT2D eigenvalue weighted by molar-refractivity contribution is 0.131. The quantitative estimate of drug-likeness (QED) is 0.827. The van der Waals surface area contributed by atoms with Gasteiger partial charge in [0, 0.05) is 11.5 Å². The molecule has 0 aliphatic heterocycles. The topological polar surface area (TPSA) is 20.2 Å². The molecule has 3 heteroatoms. The van der Waals surface area contributed by atoms with Crippen LogP contribution < -0.4 is 0 Å². The molecule has 2 rings (SSSR count). The van der Waals surface area contributed by atoms with Gasteiger partial charge in [-0.15, -0.1) is 0 Å². The summed E-state index contributed by atoms with van der Waals surface area (Å²) in [6.45, 7) is 8.72. The van der Waals surface area contributed by atoms with Crippen molar-refractivity contribution in [2.75, 3.05) is 0 Å². The maximum Gasteiger partial charge on any atom is 0.0843 e. The van der Waals surface area contributed by atoms with Gasteiger partial charge in [0.1, 0.15) is 0 Å². The lowest BCUT2D eigenvalue weighted by Gasteiger charge is -2.15. The molecule has 0 amide bonds. The second-order valence-corrected chi connectivity index (χ2v) is 6.79. The second-order valence-electron chi connectivity index (χ2n) is 6.01. The zero-order chi connectivity index (χ0) is 13.0. The molecule has 0 spiro atoms. The molecule has 1 N–H and O–H groups in total. The van der Waals surface area contributed by atoms with Crippen LogP contribution in [0.1, 0.15) is 39.4 Å². The van der Waals surface area contributed by atoms with E-state index in [2.05, 4.69) is 27.7 Å². The van der Waals surface area contributed by atoms with Crippen molar-refractivity contribution in [3.8, 4) is 0 Å². The predicted octanol–water partition coefficient (Wildman–Crippen LogP) is 4.71. The van der Waals surface area contributed by atoms with Crippen LogP contribution in [0.15, 0.2) is 18.2 Å². The molecule has 1 unspecified atom stereocenters. The van der Waals surface area contributed by atoms with Crippen molar-refractivity contribution in [3.63, 3.8) is 0 Å². The molecule has 0 saturated heterocycles. The molecule has 0 bridgehead atoms. The number of aliphatic hydroxyl groups is 1. The van der Waals surface area contributed by atoms with Crippen LogP contribution >= 0.6 is 23.2 Å². The summed E-state index contributed by atoms with van der Waals surface area (Å²) < 4.78 is 0. The Morgan fingerprint density at radius 2 is 1.65 bits per heavy atom. The Labute approximate surface area is 113 Å². The highest BCUT2D eigenvalue weighted by atomic mass is 35.5. The van der Waals surface area contributed by atoms with Crippen LogP contribution in [-0.4, -0.2) is 5.11 Å². The largest absolute Gasteiger partial charge is 0.388 e. The third kappa shape index (κ3) is 1.80. The molecule has 0 radical (unpaired) electrons. The summed E-state index contributed by atoms with van der Waals surface area (Å²) in [6, 6.07) is 5.42. The van der Waals surface area contributed by atoms with Crippen LogP contribution in [0.4, 0.5) is 0 Å². The summed E-state index contributed by atoms with van der Waals surface area (Å²) in [5, 5.41) is 11.5. The van der Waals surface area contributed by atoms with Crippen LogP contribution in [0.3, 0.4) is 0 Å². The first-order valence-corrected chi connectivity index (χ1v) is 6.59. The Morgan fingerprint density at radius 3 is 2.12 bits per heavy atom. The molecular formula is C14H18Cl2O. The molecule has 1 aromatic carbocycles. The van der Waals surface area contributed by atoms with Gasteiger partial charge in [0.2, 0.25) is 0 Å². The van der Waals surface area contributed by atoms with Gasteiger partial charge in [-0.3, -0.25) is 0 Å². The first-order chi connectivity index (χ1) is 7.71. The van der Waals surface area contributed by atoms with Crippen LogP contribution in [0.25, 0.3) is 0 Å². The summed E-state index contributed by atoms with van der Waals surface area (Å²) in [6.07, 6.45) is -0.550. The second kappa shape index (κ2) is 3.88. The smallest absolute Gasteiger partial charge is 0.0843 e. The van der Waals surface area contributed by atoms with Crippen molar-refractivity contribution in [2.24, 2.45) is 16.7 Å². The normalized spacial score (nSPS) is 23.5. The number of benzene rings is 1. The Kier molecular flexibility index (Phi) is 3.01. The van der Waals surface area contributed by atoms with Gasteiger partial charge < -0.3 is 5.11 Å². The summed E-state index contributed by atoms with van der Waals surface area (Å²) in [5.74, 6) is 0.214. The van der Waals surface area contributed by atoms with Gasteiger partial charge in [0.15, 0.2) is 0 Å². The highest BCUT2D eigenvalue weighted by Gasteiger charge is 2.67. The van der Waals surface area contributed by atoms with Crippen molar-refractivity contribution < 1.29 is 5.11 Å². The first kappa shape index (κ1) is 13.2. The van der Waals surface area contributed by atoms with E-state index in [4.69, 9.17) is 23.2 Å². The van der Waals surface area contributed by atoms with Gasteiger partial charge >= 0.3 is 0 Å². The van der Waals surface area contributed by atoms with Crippen molar-refractivity contribution in [1.82, 2.24) is 0 Å². The summed E-state index contributed by atoms with van der Waals surface area (Å²) in [4.78, 5) is 0. The van der Waals surface area contributed by atoms with E-state index in [0.717, 1.165) is 5.56 Å². The van der Waals surface area contributed by atoms with Gasteiger partial charge in [-0.25, -0.2) is 0 Å². The molecule has 94 valence electrons. The summed E-state index contributed by atoms with van der Waals surface area (Å²) >= 11 is 12.1. The van der Waals surface area contributed by atoms with E-state index in [1.807, 2.05) is 12.1 Å². The zero-order valence-electron chi connectivity index (χ0n) is 10.6. The van der Waals surface area contributed by atoms with Crippen molar-refractivity contribution in [3.05, 3.63) is 33.8 Å². The van der Waals surface area contributed by atoms with Gasteiger partial charge in [-0.1, -0.05) is 63.0 Å². The Morgan fingerprint density at radius 1 is 1.12 bits per heavy atom. The molecule has 1 aliphatic carbocycles. The number of hydrogen-bond acceptors (Lipinski definition) is 1. The van der Waals surface area contributed by atoms with E-state index in [1.165, 1.54) is 0 Å². The maximum atomic E-state index is 10.5. The fourth-order valence-corrected chi connectivity index (χ4v) is 3.38. The molecule has 0 aromatic heterocycles. The number of rotatable bonds is 2. The Balaban J connectivity index is 2.34. The molecule has 1 saturated carbocycles. The number of halogens is 2. The van der Waals surface area contributed by atoms with Crippen molar-refractivity contribution in [1.29, 1.82) is 0 Å². The average molecular weight is 273 g/mol. The standard InChI is InChI=1S/C14H18Cl2O/c1-13(2)12(14(13,3)4)11(17)8-6-5-7-9(15)10(8)16/h5-7,11-12,17H,1-4H3. The number of hydrogen-bond donors (Lipinski definition) is 1. The van der Waals surface area contributed by atoms with Gasteiger partial charge in [-0.2, -0.15) is 0 Å². The van der Waals surface area contributed by atoms with Crippen molar-refractivity contribution >= 4 is 23.2 Å². The fraction of sp³-hybridized carbons (Fsp3) is 0.571. The van der Waals surface area contributed by atoms with E-state index >= 15 is 0 Å². The zero-order valence-corrected chi connectivity index (χ0v) is 12.1. The lowest BCUT2D eigenvalue weighted by Crippen LogP contribution is -2.06. The van der Waals surface area contributed by atoms with Crippen LogP contribution in [0.2, 0.25) is 10.0 Å². The average Bonchev–Trinajstić information content (AvgIpc) is 2.61. The Hall–Kier alpha value is -0.240. The minimum Gasteiger partial charge on any atom is -0.388 e. The molecule has 0 heterocycles. The minimum absolute atomic E-state index is 0.123. The molecule has 17 heavy (non-hydrogen) atoms. The SMILES string of the molecule is CC1(C)C(C(O)c2cccc(Cl)c2Cl)C1(C)C. The van der Waals surface area contributed by atoms with E-state index < -0.39 is 6.10 Å². The highest BCUT2D eigenvalue weighted by molar-refractivity contribution is 6.42. The molecule has 1 atom stereocenters. The van der Waals surface area contributed by atoms with E-state index in [-0.39, 0.29) is 16.7 Å². The maximum absolute atomic E-state index is 10.5. The van der Waals surface area contributed by atoms with Gasteiger partial charge in [0.05, 0.1) is 16.1 Å². The lowest BCUT2D eigenvalue weighted by atomic mass is 9.99. The molecule has 1 aliphatic rings. The Bertz CT molecular complexity index is 438.